The first-order chi connectivity index (χ1) is 11.7. The quantitative estimate of drug-likeness (QED) is 0.596. The van der Waals surface area contributed by atoms with Crippen molar-refractivity contribution in [2.24, 2.45) is 0 Å². The Balaban J connectivity index is 1.72. The van der Waals surface area contributed by atoms with Crippen LogP contribution in [-0.4, -0.2) is 20.1 Å². The second-order valence-electron chi connectivity index (χ2n) is 5.50. The Morgan fingerprint density at radius 1 is 0.833 bits per heavy atom. The molecule has 5 heteroatoms. The predicted molar refractivity (Wildman–Crippen MR) is 95.8 cm³/mol. The van der Waals surface area contributed by atoms with Crippen molar-refractivity contribution in [2.75, 3.05) is 0 Å². The SMILES string of the molecule is Cc1cccc(-n2nc3ccc(Sc4ccccc4)cc3n2)c1O. The third-order valence-electron chi connectivity index (χ3n) is 3.76. The van der Waals surface area contributed by atoms with E-state index in [1.165, 1.54) is 9.69 Å². The van der Waals surface area contributed by atoms with E-state index in [1.54, 1.807) is 17.8 Å². The largest absolute Gasteiger partial charge is 0.505 e. The minimum Gasteiger partial charge on any atom is -0.505 e. The number of benzene rings is 3. The van der Waals surface area contributed by atoms with Gasteiger partial charge in [0.1, 0.15) is 22.5 Å². The average Bonchev–Trinajstić information content (AvgIpc) is 3.01. The number of aromatic hydroxyl groups is 1. The molecule has 0 unspecified atom stereocenters. The van der Waals surface area contributed by atoms with Crippen molar-refractivity contribution in [3.63, 3.8) is 0 Å². The van der Waals surface area contributed by atoms with E-state index in [1.807, 2.05) is 55.5 Å². The van der Waals surface area contributed by atoms with Crippen LogP contribution in [0.4, 0.5) is 0 Å². The number of para-hydroxylation sites is 1. The van der Waals surface area contributed by atoms with E-state index in [-0.39, 0.29) is 5.75 Å². The zero-order valence-corrected chi connectivity index (χ0v) is 13.9. The average molecular weight is 333 g/mol. The summed E-state index contributed by atoms with van der Waals surface area (Å²) in [4.78, 5) is 3.78. The highest BCUT2D eigenvalue weighted by atomic mass is 32.2. The lowest BCUT2D eigenvalue weighted by Gasteiger charge is -2.04. The summed E-state index contributed by atoms with van der Waals surface area (Å²) in [5, 5.41) is 19.2. The maximum absolute atomic E-state index is 10.2. The first-order valence-electron chi connectivity index (χ1n) is 7.60. The van der Waals surface area contributed by atoms with Gasteiger partial charge >= 0.3 is 0 Å². The van der Waals surface area contributed by atoms with Crippen LogP contribution in [0.5, 0.6) is 5.75 Å². The molecule has 0 spiro atoms. The number of aryl methyl sites for hydroxylation is 1. The molecule has 0 aliphatic carbocycles. The molecule has 118 valence electrons. The number of rotatable bonds is 3. The Kier molecular flexibility index (Phi) is 3.70. The second kappa shape index (κ2) is 6.02. The van der Waals surface area contributed by atoms with Crippen molar-refractivity contribution >= 4 is 22.8 Å². The van der Waals surface area contributed by atoms with Crippen LogP contribution in [0.1, 0.15) is 5.56 Å². The Morgan fingerprint density at radius 2 is 1.62 bits per heavy atom. The van der Waals surface area contributed by atoms with Crippen LogP contribution in [0.2, 0.25) is 0 Å². The maximum Gasteiger partial charge on any atom is 0.145 e. The Hall–Kier alpha value is -2.79. The molecule has 0 radical (unpaired) electrons. The van der Waals surface area contributed by atoms with Gasteiger partial charge in [-0.25, -0.2) is 0 Å². The minimum atomic E-state index is 0.205. The molecule has 0 amide bonds. The molecule has 1 aromatic heterocycles. The zero-order chi connectivity index (χ0) is 16.5. The molecule has 0 fully saturated rings. The van der Waals surface area contributed by atoms with E-state index in [2.05, 4.69) is 22.3 Å². The molecule has 0 saturated heterocycles. The van der Waals surface area contributed by atoms with E-state index in [9.17, 15) is 5.11 Å². The molecule has 1 N–H and O–H groups in total. The topological polar surface area (TPSA) is 50.9 Å². The maximum atomic E-state index is 10.2. The number of aromatic nitrogens is 3. The van der Waals surface area contributed by atoms with Gasteiger partial charge < -0.3 is 5.11 Å². The summed E-state index contributed by atoms with van der Waals surface area (Å²) in [6, 6.07) is 21.8. The number of nitrogens with zero attached hydrogens (tertiary/aromatic N) is 3. The van der Waals surface area contributed by atoms with Gasteiger partial charge in [0.15, 0.2) is 0 Å². The van der Waals surface area contributed by atoms with Crippen molar-refractivity contribution < 1.29 is 5.11 Å². The lowest BCUT2D eigenvalue weighted by molar-refractivity contribution is 0.463. The molecule has 0 aliphatic heterocycles. The van der Waals surface area contributed by atoms with Gasteiger partial charge in [0.25, 0.3) is 0 Å². The summed E-state index contributed by atoms with van der Waals surface area (Å²) in [6.07, 6.45) is 0. The molecule has 4 rings (SSSR count). The summed E-state index contributed by atoms with van der Waals surface area (Å²) in [6.45, 7) is 1.86. The lowest BCUT2D eigenvalue weighted by Crippen LogP contribution is -1.99. The van der Waals surface area contributed by atoms with Crippen LogP contribution in [0.25, 0.3) is 16.7 Å². The fourth-order valence-electron chi connectivity index (χ4n) is 2.50. The van der Waals surface area contributed by atoms with Gasteiger partial charge in [0.2, 0.25) is 0 Å². The molecule has 0 saturated carbocycles. The van der Waals surface area contributed by atoms with E-state index >= 15 is 0 Å². The molecule has 4 aromatic rings. The van der Waals surface area contributed by atoms with E-state index in [0.717, 1.165) is 21.5 Å². The summed E-state index contributed by atoms with van der Waals surface area (Å²) in [5.74, 6) is 0.205. The van der Waals surface area contributed by atoms with E-state index in [0.29, 0.717) is 5.69 Å². The number of hydrogen-bond acceptors (Lipinski definition) is 4. The summed E-state index contributed by atoms with van der Waals surface area (Å²) >= 11 is 1.69. The number of hydrogen-bond donors (Lipinski definition) is 1. The fraction of sp³-hybridized carbons (Fsp3) is 0.0526. The predicted octanol–water partition coefficient (Wildman–Crippen LogP) is 4.59. The third-order valence-corrected chi connectivity index (χ3v) is 4.76. The Labute approximate surface area is 143 Å². The molecule has 3 aromatic carbocycles. The van der Waals surface area contributed by atoms with Crippen molar-refractivity contribution in [1.82, 2.24) is 15.0 Å². The van der Waals surface area contributed by atoms with E-state index < -0.39 is 0 Å². The Morgan fingerprint density at radius 3 is 2.46 bits per heavy atom. The first-order valence-corrected chi connectivity index (χ1v) is 8.41. The molecule has 4 nitrogen and oxygen atoms in total. The summed E-state index contributed by atoms with van der Waals surface area (Å²) in [5.41, 5.74) is 2.99. The van der Waals surface area contributed by atoms with Crippen LogP contribution in [0.15, 0.2) is 76.5 Å². The normalized spacial score (nSPS) is 11.0. The van der Waals surface area contributed by atoms with Crippen molar-refractivity contribution in [3.8, 4) is 11.4 Å². The zero-order valence-electron chi connectivity index (χ0n) is 13.0. The highest BCUT2D eigenvalue weighted by Crippen LogP contribution is 2.30. The standard InChI is InChI=1S/C19H15N3OS/c1-13-6-5-9-18(19(13)23)22-20-16-11-10-15(12-17(16)21-22)24-14-7-3-2-4-8-14/h2-12,23H,1H3. The summed E-state index contributed by atoms with van der Waals surface area (Å²) < 4.78 is 0. The molecular formula is C19H15N3OS. The number of phenols is 1. The third kappa shape index (κ3) is 2.74. The van der Waals surface area contributed by atoms with Crippen molar-refractivity contribution in [3.05, 3.63) is 72.3 Å². The molecule has 0 bridgehead atoms. The lowest BCUT2D eigenvalue weighted by atomic mass is 10.2. The van der Waals surface area contributed by atoms with Crippen molar-refractivity contribution in [1.29, 1.82) is 0 Å². The fourth-order valence-corrected chi connectivity index (χ4v) is 3.37. The van der Waals surface area contributed by atoms with Crippen molar-refractivity contribution in [2.45, 2.75) is 16.7 Å². The van der Waals surface area contributed by atoms with Crippen LogP contribution in [0.3, 0.4) is 0 Å². The molecule has 0 atom stereocenters. The van der Waals surface area contributed by atoms with Crippen LogP contribution in [-0.2, 0) is 0 Å². The molecular weight excluding hydrogens is 318 g/mol. The molecule has 1 heterocycles. The highest BCUT2D eigenvalue weighted by molar-refractivity contribution is 7.99. The minimum absolute atomic E-state index is 0.205. The van der Waals surface area contributed by atoms with Crippen LogP contribution >= 0.6 is 11.8 Å². The second-order valence-corrected chi connectivity index (χ2v) is 6.64. The summed E-state index contributed by atoms with van der Waals surface area (Å²) in [7, 11) is 0. The number of phenolic OH excluding ortho intramolecular Hbond substituents is 1. The monoisotopic (exact) mass is 333 g/mol. The van der Waals surface area contributed by atoms with Gasteiger partial charge in [0.05, 0.1) is 0 Å². The van der Waals surface area contributed by atoms with Gasteiger partial charge in [-0.15, -0.1) is 15.0 Å². The van der Waals surface area contributed by atoms with Crippen LogP contribution in [0, 0.1) is 6.92 Å². The first kappa shape index (κ1) is 14.8. The van der Waals surface area contributed by atoms with E-state index in [4.69, 9.17) is 0 Å². The molecule has 0 aliphatic rings. The van der Waals surface area contributed by atoms with Gasteiger partial charge in [-0.05, 0) is 48.9 Å². The van der Waals surface area contributed by atoms with Crippen LogP contribution < -0.4 is 0 Å². The molecule has 24 heavy (non-hydrogen) atoms. The Bertz CT molecular complexity index is 1010. The smallest absolute Gasteiger partial charge is 0.145 e. The highest BCUT2D eigenvalue weighted by Gasteiger charge is 2.10. The number of fused-ring (bicyclic) bond motifs is 1. The van der Waals surface area contributed by atoms with Gasteiger partial charge in [-0.2, -0.15) is 0 Å². The van der Waals surface area contributed by atoms with Gasteiger partial charge in [-0.1, -0.05) is 42.1 Å². The van der Waals surface area contributed by atoms with Gasteiger partial charge in [0, 0.05) is 9.79 Å². The van der Waals surface area contributed by atoms with Gasteiger partial charge in [-0.3, -0.25) is 0 Å².